The van der Waals surface area contributed by atoms with Crippen molar-refractivity contribution in [3.05, 3.63) is 36.2 Å². The summed E-state index contributed by atoms with van der Waals surface area (Å²) < 4.78 is 0. The standard InChI is InChI=1S/C16H17N3OS/c1-16(2)12-6-5-10(7-13(12)19(3)14(16)20)11-8-17-15(21-4)18-9-11/h5-9H,1-4H3. The molecule has 108 valence electrons. The Kier molecular flexibility index (Phi) is 3.24. The zero-order valence-corrected chi connectivity index (χ0v) is 13.4. The molecule has 4 nitrogen and oxygen atoms in total. The molecule has 0 radical (unpaired) electrons. The minimum Gasteiger partial charge on any atom is -0.314 e. The average Bonchev–Trinajstić information content (AvgIpc) is 2.68. The minimum absolute atomic E-state index is 0.128. The first kappa shape index (κ1) is 14.1. The molecule has 0 N–H and O–H groups in total. The maximum atomic E-state index is 12.3. The van der Waals surface area contributed by atoms with Crippen molar-refractivity contribution in [2.45, 2.75) is 24.4 Å². The first-order valence-corrected chi connectivity index (χ1v) is 7.96. The van der Waals surface area contributed by atoms with Gasteiger partial charge in [-0.2, -0.15) is 0 Å². The van der Waals surface area contributed by atoms with E-state index < -0.39 is 5.41 Å². The number of carbonyl (C=O) groups excluding carboxylic acids is 1. The van der Waals surface area contributed by atoms with Crippen molar-refractivity contribution in [2.24, 2.45) is 0 Å². The van der Waals surface area contributed by atoms with Crippen molar-refractivity contribution in [3.63, 3.8) is 0 Å². The van der Waals surface area contributed by atoms with Crippen molar-refractivity contribution < 1.29 is 4.79 Å². The van der Waals surface area contributed by atoms with E-state index in [1.165, 1.54) is 11.8 Å². The van der Waals surface area contributed by atoms with E-state index in [-0.39, 0.29) is 5.91 Å². The number of anilines is 1. The average molecular weight is 299 g/mol. The number of hydrogen-bond donors (Lipinski definition) is 0. The van der Waals surface area contributed by atoms with Crippen LogP contribution in [0.3, 0.4) is 0 Å². The Bertz CT molecular complexity index is 710. The van der Waals surface area contributed by atoms with Gasteiger partial charge >= 0.3 is 0 Å². The third kappa shape index (κ3) is 2.12. The second kappa shape index (κ2) is 4.84. The Morgan fingerprint density at radius 2 is 1.81 bits per heavy atom. The number of fused-ring (bicyclic) bond motifs is 1. The highest BCUT2D eigenvalue weighted by molar-refractivity contribution is 7.98. The summed E-state index contributed by atoms with van der Waals surface area (Å²) in [5, 5.41) is 0.758. The zero-order chi connectivity index (χ0) is 15.2. The first-order valence-electron chi connectivity index (χ1n) is 6.74. The maximum absolute atomic E-state index is 12.3. The highest BCUT2D eigenvalue weighted by atomic mass is 32.2. The number of likely N-dealkylation sites (N-methyl/N-ethyl adjacent to an activating group) is 1. The molecule has 2 aromatic rings. The van der Waals surface area contributed by atoms with Crippen LogP contribution in [0.1, 0.15) is 19.4 Å². The molecule has 0 atom stereocenters. The summed E-state index contributed by atoms with van der Waals surface area (Å²) in [6.07, 6.45) is 5.60. The van der Waals surface area contributed by atoms with Crippen LogP contribution in [0.5, 0.6) is 0 Å². The molecule has 0 saturated carbocycles. The smallest absolute Gasteiger partial charge is 0.236 e. The molecular weight excluding hydrogens is 282 g/mol. The summed E-state index contributed by atoms with van der Waals surface area (Å²) in [6.45, 7) is 3.93. The van der Waals surface area contributed by atoms with E-state index >= 15 is 0 Å². The minimum atomic E-state index is -0.457. The summed E-state index contributed by atoms with van der Waals surface area (Å²) in [4.78, 5) is 22.6. The van der Waals surface area contributed by atoms with Crippen LogP contribution in [0.4, 0.5) is 5.69 Å². The van der Waals surface area contributed by atoms with E-state index in [1.807, 2.05) is 57.7 Å². The van der Waals surface area contributed by atoms with Crippen molar-refractivity contribution in [1.82, 2.24) is 9.97 Å². The molecule has 1 aliphatic rings. The summed E-state index contributed by atoms with van der Waals surface area (Å²) in [5.74, 6) is 0.128. The van der Waals surface area contributed by atoms with E-state index in [2.05, 4.69) is 9.97 Å². The lowest BCUT2D eigenvalue weighted by Crippen LogP contribution is -2.33. The maximum Gasteiger partial charge on any atom is 0.236 e. The Balaban J connectivity index is 2.06. The molecule has 21 heavy (non-hydrogen) atoms. The summed E-state index contributed by atoms with van der Waals surface area (Å²) >= 11 is 1.52. The molecule has 3 rings (SSSR count). The van der Waals surface area contributed by atoms with Crippen LogP contribution in [0.15, 0.2) is 35.7 Å². The van der Waals surface area contributed by atoms with Gasteiger partial charge in [-0.05, 0) is 37.3 Å². The van der Waals surface area contributed by atoms with Gasteiger partial charge in [-0.15, -0.1) is 0 Å². The quantitative estimate of drug-likeness (QED) is 0.631. The number of hydrogen-bond acceptors (Lipinski definition) is 4. The predicted octanol–water partition coefficient (Wildman–Crippen LogP) is 3.12. The van der Waals surface area contributed by atoms with Gasteiger partial charge in [0.1, 0.15) is 0 Å². The van der Waals surface area contributed by atoms with Gasteiger partial charge in [-0.1, -0.05) is 23.9 Å². The molecule has 1 aliphatic heterocycles. The molecule has 1 amide bonds. The molecule has 1 aromatic carbocycles. The Morgan fingerprint density at radius 3 is 2.43 bits per heavy atom. The number of aromatic nitrogens is 2. The van der Waals surface area contributed by atoms with Crippen LogP contribution in [-0.2, 0) is 10.2 Å². The largest absolute Gasteiger partial charge is 0.314 e. The molecule has 0 aliphatic carbocycles. The normalized spacial score (nSPS) is 16.2. The second-order valence-electron chi connectivity index (χ2n) is 5.68. The number of rotatable bonds is 2. The van der Waals surface area contributed by atoms with Crippen LogP contribution in [0, 0.1) is 0 Å². The Morgan fingerprint density at radius 1 is 1.14 bits per heavy atom. The molecule has 2 heterocycles. The first-order chi connectivity index (χ1) is 9.95. The number of amides is 1. The third-order valence-corrected chi connectivity index (χ3v) is 4.59. The molecule has 1 aromatic heterocycles. The number of thioether (sulfide) groups is 1. The van der Waals surface area contributed by atoms with Crippen LogP contribution in [-0.4, -0.2) is 29.2 Å². The van der Waals surface area contributed by atoms with Gasteiger partial charge in [-0.3, -0.25) is 4.79 Å². The number of carbonyl (C=O) groups is 1. The van der Waals surface area contributed by atoms with E-state index in [9.17, 15) is 4.79 Å². The van der Waals surface area contributed by atoms with Gasteiger partial charge in [-0.25, -0.2) is 9.97 Å². The zero-order valence-electron chi connectivity index (χ0n) is 12.5. The third-order valence-electron chi connectivity index (χ3n) is 4.02. The fraction of sp³-hybridized carbons (Fsp3) is 0.312. The topological polar surface area (TPSA) is 46.1 Å². The van der Waals surface area contributed by atoms with Gasteiger partial charge < -0.3 is 4.90 Å². The number of nitrogens with zero attached hydrogens (tertiary/aromatic N) is 3. The predicted molar refractivity (Wildman–Crippen MR) is 85.7 cm³/mol. The fourth-order valence-corrected chi connectivity index (χ4v) is 3.05. The van der Waals surface area contributed by atoms with Crippen LogP contribution >= 0.6 is 11.8 Å². The molecular formula is C16H17N3OS. The lowest BCUT2D eigenvalue weighted by Gasteiger charge is -2.16. The molecule has 0 bridgehead atoms. The lowest BCUT2D eigenvalue weighted by atomic mass is 9.85. The van der Waals surface area contributed by atoms with Crippen molar-refractivity contribution in [2.75, 3.05) is 18.2 Å². The van der Waals surface area contributed by atoms with Gasteiger partial charge in [0.05, 0.1) is 5.41 Å². The highest BCUT2D eigenvalue weighted by Gasteiger charge is 2.42. The van der Waals surface area contributed by atoms with Crippen molar-refractivity contribution in [1.29, 1.82) is 0 Å². The highest BCUT2D eigenvalue weighted by Crippen LogP contribution is 2.42. The van der Waals surface area contributed by atoms with E-state index in [0.29, 0.717) is 0 Å². The monoisotopic (exact) mass is 299 g/mol. The van der Waals surface area contributed by atoms with Gasteiger partial charge in [0.25, 0.3) is 0 Å². The van der Waals surface area contributed by atoms with Gasteiger partial charge in [0, 0.05) is 30.7 Å². The van der Waals surface area contributed by atoms with Crippen LogP contribution in [0.2, 0.25) is 0 Å². The number of benzene rings is 1. The lowest BCUT2D eigenvalue weighted by molar-refractivity contribution is -0.121. The SMILES string of the molecule is CSc1ncc(-c2ccc3c(c2)N(C)C(=O)C3(C)C)cn1. The van der Waals surface area contributed by atoms with Crippen molar-refractivity contribution in [3.8, 4) is 11.1 Å². The molecule has 0 spiro atoms. The molecule has 0 unspecified atom stereocenters. The van der Waals surface area contributed by atoms with Crippen LogP contribution in [0.25, 0.3) is 11.1 Å². The molecule has 5 heteroatoms. The molecule has 0 saturated heterocycles. The summed E-state index contributed by atoms with van der Waals surface area (Å²) in [6, 6.07) is 6.11. The van der Waals surface area contributed by atoms with E-state index in [0.717, 1.165) is 27.5 Å². The van der Waals surface area contributed by atoms with E-state index in [1.54, 1.807) is 4.90 Å². The fourth-order valence-electron chi connectivity index (χ4n) is 2.73. The second-order valence-corrected chi connectivity index (χ2v) is 6.45. The van der Waals surface area contributed by atoms with Crippen molar-refractivity contribution >= 4 is 23.4 Å². The Labute approximate surface area is 128 Å². The molecule has 0 fully saturated rings. The van der Waals surface area contributed by atoms with E-state index in [4.69, 9.17) is 0 Å². The Hall–Kier alpha value is -1.88. The summed E-state index contributed by atoms with van der Waals surface area (Å²) in [5.41, 5.74) is 3.57. The summed E-state index contributed by atoms with van der Waals surface area (Å²) in [7, 11) is 1.83. The van der Waals surface area contributed by atoms with Crippen LogP contribution < -0.4 is 4.90 Å². The van der Waals surface area contributed by atoms with Gasteiger partial charge in [0.15, 0.2) is 5.16 Å². The van der Waals surface area contributed by atoms with Gasteiger partial charge in [0.2, 0.25) is 5.91 Å².